The summed E-state index contributed by atoms with van der Waals surface area (Å²) in [4.78, 5) is 16.8. The van der Waals surface area contributed by atoms with Crippen molar-refractivity contribution < 1.29 is 9.53 Å². The highest BCUT2D eigenvalue weighted by molar-refractivity contribution is 5.77. The average Bonchev–Trinajstić information content (AvgIpc) is 2.70. The first-order chi connectivity index (χ1) is 13.1. The second kappa shape index (κ2) is 9.53. The van der Waals surface area contributed by atoms with Gasteiger partial charge in [-0.3, -0.25) is 4.79 Å². The summed E-state index contributed by atoms with van der Waals surface area (Å²) in [7, 11) is 4.04. The molecule has 0 bridgehead atoms. The number of carbonyl (C=O) groups is 1. The fourth-order valence-electron chi connectivity index (χ4n) is 3.26. The number of amides is 1. The number of nitrogens with one attached hydrogen (secondary N) is 1. The maximum absolute atomic E-state index is 12.9. The van der Waals surface area contributed by atoms with Crippen molar-refractivity contribution >= 4 is 5.91 Å². The molecule has 0 aliphatic carbocycles. The molecule has 1 aliphatic rings. The number of nitrogens with zero attached hydrogens (tertiary/aromatic N) is 2. The van der Waals surface area contributed by atoms with Gasteiger partial charge in [0.15, 0.2) is 6.61 Å². The van der Waals surface area contributed by atoms with E-state index < -0.39 is 0 Å². The number of ether oxygens (including phenoxy) is 1. The van der Waals surface area contributed by atoms with Crippen molar-refractivity contribution in [2.45, 2.75) is 19.5 Å². The summed E-state index contributed by atoms with van der Waals surface area (Å²) in [5.41, 5.74) is 3.62. The minimum Gasteiger partial charge on any atom is -0.483 e. The van der Waals surface area contributed by atoms with Gasteiger partial charge in [-0.05, 0) is 44.3 Å². The summed E-state index contributed by atoms with van der Waals surface area (Å²) in [6.07, 6.45) is 1.00. The van der Waals surface area contributed by atoms with Gasteiger partial charge in [0.25, 0.3) is 5.91 Å². The van der Waals surface area contributed by atoms with Crippen LogP contribution in [0, 0.1) is 0 Å². The van der Waals surface area contributed by atoms with E-state index in [0.717, 1.165) is 37.4 Å². The Hall–Kier alpha value is -2.37. The molecule has 0 atom stereocenters. The zero-order valence-corrected chi connectivity index (χ0v) is 16.3. The summed E-state index contributed by atoms with van der Waals surface area (Å²) in [5.74, 6) is 0.836. The molecule has 27 heavy (non-hydrogen) atoms. The van der Waals surface area contributed by atoms with Crippen LogP contribution < -0.4 is 10.1 Å². The van der Waals surface area contributed by atoms with Gasteiger partial charge in [-0.1, -0.05) is 42.5 Å². The zero-order chi connectivity index (χ0) is 19.1. The molecule has 5 nitrogen and oxygen atoms in total. The molecule has 0 saturated heterocycles. The molecule has 0 aromatic heterocycles. The van der Waals surface area contributed by atoms with E-state index >= 15 is 0 Å². The molecule has 2 aromatic carbocycles. The quantitative estimate of drug-likeness (QED) is 0.778. The van der Waals surface area contributed by atoms with Gasteiger partial charge in [-0.2, -0.15) is 0 Å². The van der Waals surface area contributed by atoms with Crippen LogP contribution >= 0.6 is 0 Å². The van der Waals surface area contributed by atoms with Crippen molar-refractivity contribution in [3.8, 4) is 5.75 Å². The van der Waals surface area contributed by atoms with E-state index in [9.17, 15) is 4.79 Å². The predicted molar refractivity (Wildman–Crippen MR) is 108 cm³/mol. The molecule has 5 heteroatoms. The van der Waals surface area contributed by atoms with Crippen LogP contribution in [0.15, 0.2) is 48.5 Å². The van der Waals surface area contributed by atoms with E-state index in [4.69, 9.17) is 4.74 Å². The van der Waals surface area contributed by atoms with Crippen LogP contribution in [0.4, 0.5) is 0 Å². The molecule has 1 N–H and O–H groups in total. The Morgan fingerprint density at radius 3 is 2.67 bits per heavy atom. The van der Waals surface area contributed by atoms with Crippen LogP contribution in [0.25, 0.3) is 0 Å². The van der Waals surface area contributed by atoms with Crippen molar-refractivity contribution in [3.63, 3.8) is 0 Å². The summed E-state index contributed by atoms with van der Waals surface area (Å²) in [5, 5.41) is 3.38. The Kier molecular flexibility index (Phi) is 6.85. The predicted octanol–water partition coefficient (Wildman–Crippen LogP) is 2.30. The second-order valence-corrected chi connectivity index (χ2v) is 7.21. The summed E-state index contributed by atoms with van der Waals surface area (Å²) < 4.78 is 5.95. The van der Waals surface area contributed by atoms with E-state index in [1.807, 2.05) is 49.3 Å². The monoisotopic (exact) mass is 367 g/mol. The lowest BCUT2D eigenvalue weighted by molar-refractivity contribution is -0.134. The lowest BCUT2D eigenvalue weighted by atomic mass is 10.0. The van der Waals surface area contributed by atoms with Gasteiger partial charge in [0.1, 0.15) is 5.75 Å². The van der Waals surface area contributed by atoms with Gasteiger partial charge in [0.05, 0.1) is 0 Å². The maximum Gasteiger partial charge on any atom is 0.260 e. The standard InChI is InChI=1S/C22H29N3O2/c1-24(2)13-14-25(16-18-7-4-3-5-8-18)22(26)17-27-21-10-6-9-19-11-12-23-15-20(19)21/h3-10,23H,11-17H2,1-2H3. The summed E-state index contributed by atoms with van der Waals surface area (Å²) >= 11 is 0. The number of hydrogen-bond acceptors (Lipinski definition) is 4. The molecule has 0 unspecified atom stereocenters. The van der Waals surface area contributed by atoms with Crippen LogP contribution in [0.1, 0.15) is 16.7 Å². The first-order valence-corrected chi connectivity index (χ1v) is 9.54. The van der Waals surface area contributed by atoms with Gasteiger partial charge in [-0.25, -0.2) is 0 Å². The van der Waals surface area contributed by atoms with E-state index in [2.05, 4.69) is 28.4 Å². The molecule has 1 heterocycles. The molecule has 1 aliphatic heterocycles. The Morgan fingerprint density at radius 2 is 1.89 bits per heavy atom. The molecule has 0 fully saturated rings. The molecule has 0 spiro atoms. The zero-order valence-electron chi connectivity index (χ0n) is 16.3. The lowest BCUT2D eigenvalue weighted by Crippen LogP contribution is -2.39. The number of benzene rings is 2. The molecular weight excluding hydrogens is 338 g/mol. The molecular formula is C22H29N3O2. The van der Waals surface area contributed by atoms with Crippen molar-refractivity contribution in [2.75, 3.05) is 40.3 Å². The molecule has 0 saturated carbocycles. The molecule has 0 radical (unpaired) electrons. The van der Waals surface area contributed by atoms with Gasteiger partial charge < -0.3 is 19.9 Å². The van der Waals surface area contributed by atoms with Crippen molar-refractivity contribution in [1.29, 1.82) is 0 Å². The topological polar surface area (TPSA) is 44.8 Å². The Bertz CT molecular complexity index is 746. The fourth-order valence-corrected chi connectivity index (χ4v) is 3.26. The highest BCUT2D eigenvalue weighted by atomic mass is 16.5. The third-order valence-electron chi connectivity index (χ3n) is 4.84. The SMILES string of the molecule is CN(C)CCN(Cc1ccccc1)C(=O)COc1cccc2c1CNCC2. The average molecular weight is 367 g/mol. The largest absolute Gasteiger partial charge is 0.483 e. The van der Waals surface area contributed by atoms with Gasteiger partial charge in [0, 0.05) is 31.7 Å². The Balaban J connectivity index is 1.65. The van der Waals surface area contributed by atoms with Gasteiger partial charge in [-0.15, -0.1) is 0 Å². The second-order valence-electron chi connectivity index (χ2n) is 7.21. The van der Waals surface area contributed by atoms with Crippen molar-refractivity contribution in [1.82, 2.24) is 15.1 Å². The van der Waals surface area contributed by atoms with Crippen LogP contribution in [0.5, 0.6) is 5.75 Å². The number of fused-ring (bicyclic) bond motifs is 1. The molecule has 3 rings (SSSR count). The Morgan fingerprint density at radius 1 is 1.07 bits per heavy atom. The normalized spacial score (nSPS) is 13.3. The fraction of sp³-hybridized carbons (Fsp3) is 0.409. The number of rotatable bonds is 8. The number of likely N-dealkylation sites (N-methyl/N-ethyl adjacent to an activating group) is 1. The Labute approximate surface area is 161 Å². The van der Waals surface area contributed by atoms with Crippen molar-refractivity contribution in [2.24, 2.45) is 0 Å². The third-order valence-corrected chi connectivity index (χ3v) is 4.84. The summed E-state index contributed by atoms with van der Waals surface area (Å²) in [6.45, 7) is 3.96. The van der Waals surface area contributed by atoms with Crippen LogP contribution in [-0.2, 0) is 24.3 Å². The minimum atomic E-state index is 0.0158. The first-order valence-electron chi connectivity index (χ1n) is 9.54. The van der Waals surface area contributed by atoms with Crippen LogP contribution in [-0.4, -0.2) is 56.0 Å². The van der Waals surface area contributed by atoms with Gasteiger partial charge in [0.2, 0.25) is 0 Å². The number of hydrogen-bond donors (Lipinski definition) is 1. The lowest BCUT2D eigenvalue weighted by Gasteiger charge is -2.25. The van der Waals surface area contributed by atoms with Crippen LogP contribution in [0.3, 0.4) is 0 Å². The molecule has 144 valence electrons. The molecule has 1 amide bonds. The minimum absolute atomic E-state index is 0.0158. The summed E-state index contributed by atoms with van der Waals surface area (Å²) in [6, 6.07) is 16.2. The first kappa shape index (κ1) is 19.4. The highest BCUT2D eigenvalue weighted by Crippen LogP contribution is 2.25. The molecule has 2 aromatic rings. The highest BCUT2D eigenvalue weighted by Gasteiger charge is 2.18. The van der Waals surface area contributed by atoms with Crippen molar-refractivity contribution in [3.05, 3.63) is 65.2 Å². The van der Waals surface area contributed by atoms with E-state index in [0.29, 0.717) is 13.1 Å². The third kappa shape index (κ3) is 5.55. The van der Waals surface area contributed by atoms with Gasteiger partial charge >= 0.3 is 0 Å². The van der Waals surface area contributed by atoms with E-state index in [1.165, 1.54) is 11.1 Å². The number of carbonyl (C=O) groups excluding carboxylic acids is 1. The van der Waals surface area contributed by atoms with E-state index in [1.54, 1.807) is 0 Å². The smallest absolute Gasteiger partial charge is 0.260 e. The van der Waals surface area contributed by atoms with Crippen LogP contribution in [0.2, 0.25) is 0 Å². The maximum atomic E-state index is 12.9. The van der Waals surface area contributed by atoms with E-state index in [-0.39, 0.29) is 12.5 Å².